The van der Waals surface area contributed by atoms with Crippen LogP contribution in [0, 0.1) is 12.8 Å². The second-order valence-corrected chi connectivity index (χ2v) is 8.46. The molecular formula is C20H24N6O3S. The molecule has 1 aromatic carbocycles. The van der Waals surface area contributed by atoms with E-state index in [4.69, 9.17) is 0 Å². The third-order valence-electron chi connectivity index (χ3n) is 5.46. The first-order chi connectivity index (χ1) is 14.4. The second kappa shape index (κ2) is 8.41. The zero-order valence-corrected chi connectivity index (χ0v) is 17.6. The molecule has 158 valence electrons. The van der Waals surface area contributed by atoms with Crippen LogP contribution < -0.4 is 16.3 Å². The van der Waals surface area contributed by atoms with Gasteiger partial charge in [0.05, 0.1) is 22.8 Å². The number of anilines is 2. The molecule has 1 atom stereocenters. The van der Waals surface area contributed by atoms with Gasteiger partial charge in [0.2, 0.25) is 11.8 Å². The van der Waals surface area contributed by atoms with E-state index >= 15 is 0 Å². The third kappa shape index (κ3) is 4.44. The van der Waals surface area contributed by atoms with Crippen molar-refractivity contribution in [2.24, 2.45) is 5.92 Å². The molecule has 1 aliphatic heterocycles. The summed E-state index contributed by atoms with van der Waals surface area (Å²) in [6, 6.07) is 4.92. The largest absolute Gasteiger partial charge is 0.325 e. The molecule has 30 heavy (non-hydrogen) atoms. The number of nitrogens with zero attached hydrogens (tertiary/aromatic N) is 2. The Labute approximate surface area is 176 Å². The molecule has 1 saturated heterocycles. The Bertz CT molecular complexity index is 1120. The highest BCUT2D eigenvalue weighted by atomic mass is 32.1. The molecule has 4 rings (SSSR count). The Morgan fingerprint density at radius 3 is 2.63 bits per heavy atom. The lowest BCUT2D eigenvalue weighted by atomic mass is 9.95. The summed E-state index contributed by atoms with van der Waals surface area (Å²) in [5.74, 6) is -0.197. The molecule has 3 aromatic rings. The standard InChI is InChI=1S/C20H24N6O3S/c1-11-10-30-20(21-11)25-18(28)13-5-7-26(8-6-13)12(2)17(27)22-14-3-4-15-16(9-14)24-19(29)23-15/h3-4,9-10,12-13H,5-8H2,1-2H3,(H,22,27)(H,21,25,28)(H2,23,24,29). The van der Waals surface area contributed by atoms with E-state index in [0.29, 0.717) is 47.8 Å². The summed E-state index contributed by atoms with van der Waals surface area (Å²) in [5, 5.41) is 8.34. The average molecular weight is 429 g/mol. The van der Waals surface area contributed by atoms with Gasteiger partial charge in [-0.2, -0.15) is 0 Å². The van der Waals surface area contributed by atoms with E-state index in [-0.39, 0.29) is 29.5 Å². The summed E-state index contributed by atoms with van der Waals surface area (Å²) < 4.78 is 0. The smallest absolute Gasteiger partial charge is 0.323 e. The predicted octanol–water partition coefficient (Wildman–Crippen LogP) is 2.30. The van der Waals surface area contributed by atoms with Crippen molar-refractivity contribution in [2.45, 2.75) is 32.7 Å². The van der Waals surface area contributed by atoms with Crippen LogP contribution in [0.15, 0.2) is 28.4 Å². The zero-order chi connectivity index (χ0) is 21.3. The van der Waals surface area contributed by atoms with E-state index in [1.807, 2.05) is 19.2 Å². The molecule has 0 radical (unpaired) electrons. The number of imidazole rings is 1. The van der Waals surface area contributed by atoms with Gasteiger partial charge in [0.25, 0.3) is 0 Å². The summed E-state index contributed by atoms with van der Waals surface area (Å²) in [5.41, 5.74) is 2.58. The number of benzene rings is 1. The monoisotopic (exact) mass is 428 g/mol. The summed E-state index contributed by atoms with van der Waals surface area (Å²) in [4.78, 5) is 48.3. The molecule has 0 aliphatic carbocycles. The number of amides is 2. The van der Waals surface area contributed by atoms with Crippen LogP contribution in [-0.4, -0.2) is 50.8 Å². The molecule has 9 nitrogen and oxygen atoms in total. The topological polar surface area (TPSA) is 123 Å². The number of hydrogen-bond acceptors (Lipinski definition) is 6. The Kier molecular flexibility index (Phi) is 5.69. The Hall–Kier alpha value is -2.98. The summed E-state index contributed by atoms with van der Waals surface area (Å²) >= 11 is 1.43. The third-order valence-corrected chi connectivity index (χ3v) is 6.34. The molecule has 2 amide bonds. The normalized spacial score (nSPS) is 16.5. The lowest BCUT2D eigenvalue weighted by molar-refractivity contribution is -0.123. The summed E-state index contributed by atoms with van der Waals surface area (Å²) in [7, 11) is 0. The van der Waals surface area contributed by atoms with Gasteiger partial charge in [-0.05, 0) is 58.0 Å². The van der Waals surface area contributed by atoms with Crippen molar-refractivity contribution in [3.8, 4) is 0 Å². The number of aryl methyl sites for hydroxylation is 1. The highest BCUT2D eigenvalue weighted by Gasteiger charge is 2.30. The summed E-state index contributed by atoms with van der Waals surface area (Å²) in [6.45, 7) is 5.11. The number of likely N-dealkylation sites (tertiary alicyclic amines) is 1. The van der Waals surface area contributed by atoms with Crippen LogP contribution >= 0.6 is 11.3 Å². The maximum absolute atomic E-state index is 12.7. The number of aromatic amines is 2. The molecule has 1 aliphatic rings. The van der Waals surface area contributed by atoms with Crippen molar-refractivity contribution in [2.75, 3.05) is 23.7 Å². The molecule has 0 saturated carbocycles. The molecular weight excluding hydrogens is 404 g/mol. The SMILES string of the molecule is Cc1csc(NC(=O)C2CCN(C(C)C(=O)Nc3ccc4[nH]c(=O)[nH]c4c3)CC2)n1. The first-order valence-electron chi connectivity index (χ1n) is 9.89. The van der Waals surface area contributed by atoms with Gasteiger partial charge < -0.3 is 20.6 Å². The Morgan fingerprint density at radius 1 is 1.20 bits per heavy atom. The number of carbonyl (C=O) groups excluding carboxylic acids is 2. The van der Waals surface area contributed by atoms with Gasteiger partial charge in [0.15, 0.2) is 5.13 Å². The van der Waals surface area contributed by atoms with Gasteiger partial charge in [-0.3, -0.25) is 14.5 Å². The maximum Gasteiger partial charge on any atom is 0.323 e. The number of H-pyrrole nitrogens is 2. The van der Waals surface area contributed by atoms with Crippen LogP contribution in [0.3, 0.4) is 0 Å². The number of fused-ring (bicyclic) bond motifs is 1. The molecule has 0 spiro atoms. The van der Waals surface area contributed by atoms with E-state index in [2.05, 4.69) is 30.5 Å². The minimum Gasteiger partial charge on any atom is -0.325 e. The highest BCUT2D eigenvalue weighted by Crippen LogP contribution is 2.23. The van der Waals surface area contributed by atoms with E-state index in [0.717, 1.165) is 5.69 Å². The predicted molar refractivity (Wildman–Crippen MR) is 117 cm³/mol. The molecule has 3 heterocycles. The van der Waals surface area contributed by atoms with E-state index in [1.54, 1.807) is 18.2 Å². The van der Waals surface area contributed by atoms with Crippen LogP contribution in [0.25, 0.3) is 11.0 Å². The number of hydrogen-bond donors (Lipinski definition) is 4. The number of carbonyl (C=O) groups is 2. The average Bonchev–Trinajstić information content (AvgIpc) is 3.31. The lowest BCUT2D eigenvalue weighted by Crippen LogP contribution is -2.47. The van der Waals surface area contributed by atoms with Crippen molar-refractivity contribution in [1.29, 1.82) is 0 Å². The van der Waals surface area contributed by atoms with E-state index in [1.165, 1.54) is 11.3 Å². The minimum absolute atomic E-state index is 0.00472. The van der Waals surface area contributed by atoms with Gasteiger partial charge in [0, 0.05) is 17.0 Å². The number of rotatable bonds is 5. The summed E-state index contributed by atoms with van der Waals surface area (Å²) in [6.07, 6.45) is 1.40. The van der Waals surface area contributed by atoms with E-state index in [9.17, 15) is 14.4 Å². The highest BCUT2D eigenvalue weighted by molar-refractivity contribution is 7.13. The number of aromatic nitrogens is 3. The first kappa shape index (κ1) is 20.3. The van der Waals surface area contributed by atoms with Crippen molar-refractivity contribution >= 4 is 45.0 Å². The molecule has 4 N–H and O–H groups in total. The molecule has 10 heteroatoms. The van der Waals surface area contributed by atoms with Crippen LogP contribution in [0.5, 0.6) is 0 Å². The van der Waals surface area contributed by atoms with Crippen molar-refractivity contribution in [3.63, 3.8) is 0 Å². The van der Waals surface area contributed by atoms with Crippen LogP contribution in [0.2, 0.25) is 0 Å². The van der Waals surface area contributed by atoms with Gasteiger partial charge in [-0.15, -0.1) is 11.3 Å². The fraction of sp³-hybridized carbons (Fsp3) is 0.400. The minimum atomic E-state index is -0.323. The first-order valence-corrected chi connectivity index (χ1v) is 10.8. The van der Waals surface area contributed by atoms with Gasteiger partial charge >= 0.3 is 5.69 Å². The van der Waals surface area contributed by atoms with Crippen molar-refractivity contribution < 1.29 is 9.59 Å². The maximum atomic E-state index is 12.7. The van der Waals surface area contributed by atoms with Gasteiger partial charge in [-0.1, -0.05) is 0 Å². The quantitative estimate of drug-likeness (QED) is 0.497. The fourth-order valence-corrected chi connectivity index (χ4v) is 4.38. The van der Waals surface area contributed by atoms with Crippen LogP contribution in [0.4, 0.5) is 10.8 Å². The van der Waals surface area contributed by atoms with Gasteiger partial charge in [0.1, 0.15) is 0 Å². The molecule has 1 unspecified atom stereocenters. The van der Waals surface area contributed by atoms with E-state index < -0.39 is 0 Å². The van der Waals surface area contributed by atoms with Crippen molar-refractivity contribution in [3.05, 3.63) is 39.8 Å². The van der Waals surface area contributed by atoms with Crippen molar-refractivity contribution in [1.82, 2.24) is 19.9 Å². The Balaban J connectivity index is 1.30. The fourth-order valence-electron chi connectivity index (χ4n) is 3.69. The second-order valence-electron chi connectivity index (χ2n) is 7.60. The number of nitrogens with one attached hydrogen (secondary N) is 4. The zero-order valence-electron chi connectivity index (χ0n) is 16.8. The number of piperidine rings is 1. The molecule has 1 fully saturated rings. The molecule has 0 bridgehead atoms. The van der Waals surface area contributed by atoms with Crippen LogP contribution in [0.1, 0.15) is 25.5 Å². The van der Waals surface area contributed by atoms with Gasteiger partial charge in [-0.25, -0.2) is 9.78 Å². The molecule has 2 aromatic heterocycles. The lowest BCUT2D eigenvalue weighted by Gasteiger charge is -2.34. The van der Waals surface area contributed by atoms with Crippen LogP contribution in [-0.2, 0) is 9.59 Å². The Morgan fingerprint density at radius 2 is 1.93 bits per heavy atom. The number of thiazole rings is 1.